The van der Waals surface area contributed by atoms with Gasteiger partial charge < -0.3 is 15.0 Å². The van der Waals surface area contributed by atoms with Gasteiger partial charge in [-0.1, -0.05) is 6.07 Å². The van der Waals surface area contributed by atoms with Crippen LogP contribution >= 0.6 is 0 Å². The van der Waals surface area contributed by atoms with Crippen LogP contribution in [0.3, 0.4) is 0 Å². The molecule has 1 N–H and O–H groups in total. The van der Waals surface area contributed by atoms with Crippen LogP contribution in [0.15, 0.2) is 18.2 Å². The van der Waals surface area contributed by atoms with Crippen LogP contribution in [0.4, 0.5) is 16.2 Å². The zero-order valence-corrected chi connectivity index (χ0v) is 15.5. The van der Waals surface area contributed by atoms with Crippen molar-refractivity contribution < 1.29 is 14.5 Å². The fourth-order valence-electron chi connectivity index (χ4n) is 3.04. The minimum atomic E-state index is -0.520. The molecular weight excluding hydrogens is 322 g/mol. The zero-order chi connectivity index (χ0) is 18.8. The second kappa shape index (κ2) is 7.29. The van der Waals surface area contributed by atoms with E-state index >= 15 is 0 Å². The fourth-order valence-corrected chi connectivity index (χ4v) is 3.04. The van der Waals surface area contributed by atoms with E-state index in [4.69, 9.17) is 4.74 Å². The van der Waals surface area contributed by atoms with Crippen molar-refractivity contribution in [2.75, 3.05) is 11.9 Å². The lowest BCUT2D eigenvalue weighted by atomic mass is 9.98. The lowest BCUT2D eigenvalue weighted by Gasteiger charge is -2.38. The maximum Gasteiger partial charge on any atom is 0.410 e. The summed E-state index contributed by atoms with van der Waals surface area (Å²) in [5, 5.41) is 14.5. The van der Waals surface area contributed by atoms with Gasteiger partial charge in [0.25, 0.3) is 5.69 Å². The molecule has 25 heavy (non-hydrogen) atoms. The lowest BCUT2D eigenvalue weighted by molar-refractivity contribution is -0.384. The SMILES string of the molecule is Cc1ccc([N+](=O)[O-])c(NC2CCN(C(=O)OC(C)(C)C)C(C)C2)c1. The lowest BCUT2D eigenvalue weighted by Crippen LogP contribution is -2.49. The van der Waals surface area contributed by atoms with Crippen molar-refractivity contribution in [2.24, 2.45) is 0 Å². The Labute approximate surface area is 148 Å². The van der Waals surface area contributed by atoms with Gasteiger partial charge in [-0.3, -0.25) is 10.1 Å². The predicted octanol–water partition coefficient (Wildman–Crippen LogP) is 4.10. The first-order chi connectivity index (χ1) is 11.6. The predicted molar refractivity (Wildman–Crippen MR) is 96.9 cm³/mol. The summed E-state index contributed by atoms with van der Waals surface area (Å²) >= 11 is 0. The van der Waals surface area contributed by atoms with E-state index in [0.717, 1.165) is 5.56 Å². The molecule has 0 aromatic heterocycles. The number of nitro benzene ring substituents is 1. The number of hydrogen-bond donors (Lipinski definition) is 1. The number of rotatable bonds is 3. The molecule has 1 aromatic rings. The van der Waals surface area contributed by atoms with Gasteiger partial charge in [0.05, 0.1) is 4.92 Å². The normalized spacial score (nSPS) is 20.9. The smallest absolute Gasteiger partial charge is 0.410 e. The number of benzene rings is 1. The maximum absolute atomic E-state index is 12.3. The summed E-state index contributed by atoms with van der Waals surface area (Å²) in [5.41, 5.74) is 1.06. The first-order valence-corrected chi connectivity index (χ1v) is 8.58. The molecule has 7 heteroatoms. The van der Waals surface area contributed by atoms with Crippen LogP contribution in [0, 0.1) is 17.0 Å². The Kier molecular flexibility index (Phi) is 5.55. The van der Waals surface area contributed by atoms with Crippen LogP contribution in [-0.4, -0.2) is 40.1 Å². The molecule has 0 saturated carbocycles. The second-order valence-corrected chi connectivity index (χ2v) is 7.67. The van der Waals surface area contributed by atoms with Crippen LogP contribution in [0.1, 0.15) is 46.1 Å². The summed E-state index contributed by atoms with van der Waals surface area (Å²) in [6.07, 6.45) is 1.12. The fraction of sp³-hybridized carbons (Fsp3) is 0.611. The standard InChI is InChI=1S/C18H27N3O4/c1-12-6-7-16(21(23)24)15(10-12)19-14-8-9-20(13(2)11-14)17(22)25-18(3,4)5/h6-7,10,13-14,19H,8-9,11H2,1-5H3. The summed E-state index contributed by atoms with van der Waals surface area (Å²) < 4.78 is 5.44. The second-order valence-electron chi connectivity index (χ2n) is 7.67. The number of carbonyl (C=O) groups excluding carboxylic acids is 1. The van der Waals surface area contributed by atoms with E-state index in [-0.39, 0.29) is 28.8 Å². The Bertz CT molecular complexity index is 654. The number of likely N-dealkylation sites (tertiary alicyclic amines) is 1. The van der Waals surface area contributed by atoms with Crippen LogP contribution in [0.2, 0.25) is 0 Å². The molecule has 1 saturated heterocycles. The molecule has 7 nitrogen and oxygen atoms in total. The molecule has 1 amide bonds. The minimum absolute atomic E-state index is 0.00460. The van der Waals surface area contributed by atoms with Crippen molar-refractivity contribution in [3.63, 3.8) is 0 Å². The van der Waals surface area contributed by atoms with Gasteiger partial charge in [0.2, 0.25) is 0 Å². The van der Waals surface area contributed by atoms with Crippen molar-refractivity contribution in [1.29, 1.82) is 0 Å². The average molecular weight is 349 g/mol. The molecule has 2 unspecified atom stereocenters. The molecule has 1 aliphatic rings. The quantitative estimate of drug-likeness (QED) is 0.656. The van der Waals surface area contributed by atoms with E-state index in [2.05, 4.69) is 5.32 Å². The number of carbonyl (C=O) groups is 1. The van der Waals surface area contributed by atoms with Gasteiger partial charge in [-0.25, -0.2) is 4.79 Å². The summed E-state index contributed by atoms with van der Waals surface area (Å²) in [6.45, 7) is 9.99. The van der Waals surface area contributed by atoms with E-state index in [1.54, 1.807) is 17.0 Å². The van der Waals surface area contributed by atoms with Crippen LogP contribution in [0.25, 0.3) is 0 Å². The van der Waals surface area contributed by atoms with Crippen molar-refractivity contribution in [1.82, 2.24) is 4.90 Å². The highest BCUT2D eigenvalue weighted by atomic mass is 16.6. The number of hydrogen-bond acceptors (Lipinski definition) is 5. The number of piperidine rings is 1. The number of ether oxygens (including phenoxy) is 1. The Morgan fingerprint density at radius 3 is 2.64 bits per heavy atom. The summed E-state index contributed by atoms with van der Waals surface area (Å²) in [7, 11) is 0. The van der Waals surface area contributed by atoms with Crippen molar-refractivity contribution in [3.05, 3.63) is 33.9 Å². The number of nitrogens with zero attached hydrogens (tertiary/aromatic N) is 2. The van der Waals surface area contributed by atoms with Crippen molar-refractivity contribution in [3.8, 4) is 0 Å². The molecule has 0 spiro atoms. The summed E-state index contributed by atoms with van der Waals surface area (Å²) in [4.78, 5) is 24.8. The highest BCUT2D eigenvalue weighted by molar-refractivity contribution is 5.69. The number of nitro groups is 1. The average Bonchev–Trinajstić information content (AvgIpc) is 2.45. The molecule has 1 aliphatic heterocycles. The molecule has 2 rings (SSSR count). The van der Waals surface area contributed by atoms with E-state index < -0.39 is 5.60 Å². The first-order valence-electron chi connectivity index (χ1n) is 8.58. The number of anilines is 1. The van der Waals surface area contributed by atoms with Crippen LogP contribution in [0.5, 0.6) is 0 Å². The molecule has 1 heterocycles. The Balaban J connectivity index is 2.03. The summed E-state index contributed by atoms with van der Waals surface area (Å²) in [5.74, 6) is 0. The van der Waals surface area contributed by atoms with E-state index in [1.807, 2.05) is 34.6 Å². The zero-order valence-electron chi connectivity index (χ0n) is 15.5. The molecule has 0 bridgehead atoms. The Morgan fingerprint density at radius 1 is 1.40 bits per heavy atom. The molecular formula is C18H27N3O4. The van der Waals surface area contributed by atoms with Gasteiger partial charge >= 0.3 is 6.09 Å². The van der Waals surface area contributed by atoms with Gasteiger partial charge in [-0.15, -0.1) is 0 Å². The van der Waals surface area contributed by atoms with Crippen LogP contribution < -0.4 is 5.32 Å². The first kappa shape index (κ1) is 19.0. The third-order valence-electron chi connectivity index (χ3n) is 4.21. The van der Waals surface area contributed by atoms with Gasteiger partial charge in [0, 0.05) is 24.7 Å². The van der Waals surface area contributed by atoms with Gasteiger partial charge in [0.15, 0.2) is 0 Å². The highest BCUT2D eigenvalue weighted by Crippen LogP contribution is 2.29. The molecule has 1 fully saturated rings. The molecule has 0 aliphatic carbocycles. The van der Waals surface area contributed by atoms with Gasteiger partial charge in [-0.2, -0.15) is 0 Å². The topological polar surface area (TPSA) is 84.7 Å². The van der Waals surface area contributed by atoms with Crippen LogP contribution in [-0.2, 0) is 4.74 Å². The van der Waals surface area contributed by atoms with E-state index in [9.17, 15) is 14.9 Å². The molecule has 138 valence electrons. The van der Waals surface area contributed by atoms with Gasteiger partial charge in [0.1, 0.15) is 11.3 Å². The molecule has 1 aromatic carbocycles. The number of aryl methyl sites for hydroxylation is 1. The summed E-state index contributed by atoms with van der Waals surface area (Å²) in [6, 6.07) is 5.14. The number of amides is 1. The highest BCUT2D eigenvalue weighted by Gasteiger charge is 2.32. The third-order valence-corrected chi connectivity index (χ3v) is 4.21. The van der Waals surface area contributed by atoms with E-state index in [1.165, 1.54) is 6.07 Å². The number of nitrogens with one attached hydrogen (secondary N) is 1. The minimum Gasteiger partial charge on any atom is -0.444 e. The maximum atomic E-state index is 12.3. The monoisotopic (exact) mass is 349 g/mol. The van der Waals surface area contributed by atoms with Gasteiger partial charge in [-0.05, 0) is 59.1 Å². The Morgan fingerprint density at radius 2 is 2.08 bits per heavy atom. The molecule has 2 atom stereocenters. The van der Waals surface area contributed by atoms with Crippen molar-refractivity contribution in [2.45, 2.75) is 65.1 Å². The molecule has 0 radical (unpaired) electrons. The van der Waals surface area contributed by atoms with E-state index in [0.29, 0.717) is 25.1 Å². The largest absolute Gasteiger partial charge is 0.444 e. The van der Waals surface area contributed by atoms with Crippen molar-refractivity contribution >= 4 is 17.5 Å². The Hall–Kier alpha value is -2.31. The third kappa shape index (κ3) is 5.08.